The molecule has 31 heavy (non-hydrogen) atoms. The summed E-state index contributed by atoms with van der Waals surface area (Å²) in [7, 11) is 0. The van der Waals surface area contributed by atoms with Crippen molar-refractivity contribution in [3.8, 4) is 0 Å². The highest BCUT2D eigenvalue weighted by Gasteiger charge is 2.29. The van der Waals surface area contributed by atoms with E-state index in [2.05, 4.69) is 17.1 Å². The minimum absolute atomic E-state index is 0.0340. The quantitative estimate of drug-likeness (QED) is 0.578. The molecule has 162 valence electrons. The van der Waals surface area contributed by atoms with Gasteiger partial charge in [0, 0.05) is 30.8 Å². The van der Waals surface area contributed by atoms with Crippen molar-refractivity contribution in [2.45, 2.75) is 52.7 Å². The van der Waals surface area contributed by atoms with E-state index in [0.29, 0.717) is 31.1 Å². The van der Waals surface area contributed by atoms with Crippen molar-refractivity contribution in [3.05, 3.63) is 82.3 Å². The summed E-state index contributed by atoms with van der Waals surface area (Å²) in [6.45, 7) is 8.01. The fourth-order valence-corrected chi connectivity index (χ4v) is 4.23. The number of amides is 1. The highest BCUT2D eigenvalue weighted by molar-refractivity contribution is 5.95. The lowest BCUT2D eigenvalue weighted by Crippen LogP contribution is -2.39. The number of aryl methyl sites for hydroxylation is 3. The zero-order valence-electron chi connectivity index (χ0n) is 18.4. The molecule has 1 amide bonds. The van der Waals surface area contributed by atoms with Gasteiger partial charge in [-0.2, -0.15) is 0 Å². The van der Waals surface area contributed by atoms with Gasteiger partial charge in [-0.15, -0.1) is 0 Å². The van der Waals surface area contributed by atoms with E-state index in [0.717, 1.165) is 47.8 Å². The molecule has 3 aromatic rings. The number of hydrogen-bond acceptors (Lipinski definition) is 5. The molecule has 0 radical (unpaired) electrons. The van der Waals surface area contributed by atoms with Crippen LogP contribution in [0, 0.1) is 20.8 Å². The first-order valence-electron chi connectivity index (χ1n) is 10.8. The minimum Gasteiger partial charge on any atom is -0.466 e. The summed E-state index contributed by atoms with van der Waals surface area (Å²) >= 11 is 0. The Morgan fingerprint density at radius 1 is 1.19 bits per heavy atom. The number of carbonyl (C=O) groups excluding carboxylic acids is 1. The van der Waals surface area contributed by atoms with Gasteiger partial charge in [-0.05, 0) is 45.2 Å². The first-order valence-corrected chi connectivity index (χ1v) is 10.8. The van der Waals surface area contributed by atoms with E-state index < -0.39 is 0 Å². The number of nitrogens with zero attached hydrogens (tertiary/aromatic N) is 3. The molecule has 3 heterocycles. The number of aromatic nitrogens is 2. The van der Waals surface area contributed by atoms with Crippen LogP contribution in [0.3, 0.4) is 0 Å². The second-order valence-electron chi connectivity index (χ2n) is 8.22. The van der Waals surface area contributed by atoms with Gasteiger partial charge in [0.05, 0.1) is 24.5 Å². The van der Waals surface area contributed by atoms with Crippen molar-refractivity contribution in [2.75, 3.05) is 13.1 Å². The maximum absolute atomic E-state index is 13.1. The summed E-state index contributed by atoms with van der Waals surface area (Å²) in [5.74, 6) is 2.39. The van der Waals surface area contributed by atoms with Crippen molar-refractivity contribution >= 4 is 5.91 Å². The molecular weight excluding hydrogens is 390 g/mol. The van der Waals surface area contributed by atoms with Crippen LogP contribution in [-0.4, -0.2) is 33.9 Å². The van der Waals surface area contributed by atoms with Crippen LogP contribution in [0.1, 0.15) is 63.3 Å². The molecule has 1 fully saturated rings. The van der Waals surface area contributed by atoms with E-state index >= 15 is 0 Å². The molecule has 1 saturated heterocycles. The molecule has 1 aromatic carbocycles. The highest BCUT2D eigenvalue weighted by Crippen LogP contribution is 2.30. The Balaban J connectivity index is 1.48. The maximum Gasteiger partial charge on any atom is 0.257 e. The second kappa shape index (κ2) is 9.43. The molecule has 0 N–H and O–H groups in total. The van der Waals surface area contributed by atoms with Crippen LogP contribution in [0.5, 0.6) is 0 Å². The number of carbonyl (C=O) groups is 1. The van der Waals surface area contributed by atoms with Gasteiger partial charge in [0.15, 0.2) is 0 Å². The number of piperidine rings is 1. The van der Waals surface area contributed by atoms with Gasteiger partial charge in [0.25, 0.3) is 5.91 Å². The summed E-state index contributed by atoms with van der Waals surface area (Å²) in [5, 5.41) is 0. The van der Waals surface area contributed by atoms with Gasteiger partial charge >= 0.3 is 0 Å². The molecule has 2 aromatic heterocycles. The number of hydrogen-bond donors (Lipinski definition) is 0. The predicted octanol–water partition coefficient (Wildman–Crippen LogP) is 4.73. The zero-order chi connectivity index (χ0) is 21.8. The van der Waals surface area contributed by atoms with E-state index in [1.807, 2.05) is 56.1 Å². The lowest BCUT2D eigenvalue weighted by atomic mass is 9.91. The Bertz CT molecular complexity index is 1050. The van der Waals surface area contributed by atoms with Crippen molar-refractivity contribution < 1.29 is 13.9 Å². The Morgan fingerprint density at radius 3 is 2.74 bits per heavy atom. The van der Waals surface area contributed by atoms with Crippen molar-refractivity contribution in [1.29, 1.82) is 0 Å². The molecule has 1 aliphatic rings. The zero-order valence-corrected chi connectivity index (χ0v) is 18.4. The van der Waals surface area contributed by atoms with Crippen LogP contribution in [-0.2, 0) is 18.0 Å². The number of rotatable bonds is 6. The van der Waals surface area contributed by atoms with Crippen LogP contribution in [0.15, 0.2) is 47.0 Å². The van der Waals surface area contributed by atoms with Crippen LogP contribution in [0.2, 0.25) is 0 Å². The Morgan fingerprint density at radius 2 is 2.00 bits per heavy atom. The van der Waals surface area contributed by atoms with E-state index in [9.17, 15) is 4.79 Å². The van der Waals surface area contributed by atoms with E-state index in [1.165, 1.54) is 0 Å². The third-order valence-corrected chi connectivity index (χ3v) is 5.75. The molecule has 0 saturated carbocycles. The first kappa shape index (κ1) is 21.2. The lowest BCUT2D eigenvalue weighted by Gasteiger charge is -2.33. The predicted molar refractivity (Wildman–Crippen MR) is 118 cm³/mol. The summed E-state index contributed by atoms with van der Waals surface area (Å²) in [6.07, 6.45) is 3.81. The normalized spacial score (nSPS) is 16.5. The molecule has 1 atom stereocenters. The lowest BCUT2D eigenvalue weighted by molar-refractivity contribution is 0.0701. The van der Waals surface area contributed by atoms with E-state index in [1.54, 1.807) is 0 Å². The third-order valence-electron chi connectivity index (χ3n) is 5.75. The molecule has 1 unspecified atom stereocenters. The summed E-state index contributed by atoms with van der Waals surface area (Å²) in [5.41, 5.74) is 3.79. The third kappa shape index (κ3) is 5.02. The fraction of sp³-hybridized carbons (Fsp3) is 0.400. The van der Waals surface area contributed by atoms with Crippen molar-refractivity contribution in [3.63, 3.8) is 0 Å². The first-order chi connectivity index (χ1) is 15.0. The number of ether oxygens (including phenoxy) is 1. The highest BCUT2D eigenvalue weighted by atomic mass is 16.5. The number of furan rings is 1. The smallest absolute Gasteiger partial charge is 0.257 e. The Hall–Kier alpha value is -2.99. The molecule has 6 heteroatoms. The summed E-state index contributed by atoms with van der Waals surface area (Å²) in [4.78, 5) is 24.2. The maximum atomic E-state index is 13.1. The average molecular weight is 420 g/mol. The Labute approximate surface area is 183 Å². The molecule has 0 spiro atoms. The number of likely N-dealkylation sites (tertiary alicyclic amines) is 1. The summed E-state index contributed by atoms with van der Waals surface area (Å²) < 4.78 is 11.5. The van der Waals surface area contributed by atoms with Gasteiger partial charge < -0.3 is 14.1 Å². The van der Waals surface area contributed by atoms with E-state index in [4.69, 9.17) is 14.1 Å². The van der Waals surface area contributed by atoms with Crippen LogP contribution in [0.25, 0.3) is 0 Å². The second-order valence-corrected chi connectivity index (χ2v) is 8.22. The Kier molecular flexibility index (Phi) is 6.47. The van der Waals surface area contributed by atoms with Gasteiger partial charge in [-0.1, -0.05) is 30.3 Å². The molecule has 0 bridgehead atoms. The SMILES string of the molecule is Cc1ncc(COCc2ccccc2)c(C2CCCN(C(=O)c3cc(C)oc3C)C2)n1. The van der Waals surface area contributed by atoms with Gasteiger partial charge in [0.1, 0.15) is 17.3 Å². The number of benzene rings is 1. The molecule has 4 rings (SSSR count). The monoisotopic (exact) mass is 419 g/mol. The molecule has 1 aliphatic heterocycles. The largest absolute Gasteiger partial charge is 0.466 e. The minimum atomic E-state index is 0.0340. The molecular formula is C25H29N3O3. The van der Waals surface area contributed by atoms with E-state index in [-0.39, 0.29) is 11.8 Å². The van der Waals surface area contributed by atoms with Gasteiger partial charge in [0.2, 0.25) is 0 Å². The van der Waals surface area contributed by atoms with Gasteiger partial charge in [-0.25, -0.2) is 9.97 Å². The van der Waals surface area contributed by atoms with Crippen LogP contribution < -0.4 is 0 Å². The summed E-state index contributed by atoms with van der Waals surface area (Å²) in [6, 6.07) is 12.0. The topological polar surface area (TPSA) is 68.5 Å². The standard InChI is InChI=1S/C25H29N3O3/c1-17-12-23(18(2)31-17)25(29)28-11-7-10-21(14-28)24-22(13-26-19(3)27-24)16-30-15-20-8-5-4-6-9-20/h4-6,8-9,12-13,21H,7,10-11,14-16H2,1-3H3. The average Bonchev–Trinajstić information content (AvgIpc) is 3.13. The van der Waals surface area contributed by atoms with Crippen LogP contribution in [0.4, 0.5) is 0 Å². The van der Waals surface area contributed by atoms with Crippen molar-refractivity contribution in [2.24, 2.45) is 0 Å². The fourth-order valence-electron chi connectivity index (χ4n) is 4.23. The van der Waals surface area contributed by atoms with Crippen LogP contribution >= 0.6 is 0 Å². The van der Waals surface area contributed by atoms with Gasteiger partial charge in [-0.3, -0.25) is 4.79 Å². The molecule has 6 nitrogen and oxygen atoms in total. The molecule has 0 aliphatic carbocycles. The van der Waals surface area contributed by atoms with Crippen molar-refractivity contribution in [1.82, 2.24) is 14.9 Å².